The van der Waals surface area contributed by atoms with Crippen LogP contribution in [0.1, 0.15) is 18.9 Å². The second-order valence-electron chi connectivity index (χ2n) is 5.57. The number of benzene rings is 2. The SMILES string of the molecule is O=c1c(-c2ccc(O)cc2)cc2ccccc2n1C1CC1. The molecule has 0 spiro atoms. The molecule has 1 heterocycles. The van der Waals surface area contributed by atoms with Crippen molar-refractivity contribution in [2.24, 2.45) is 0 Å². The molecule has 0 atom stereocenters. The number of phenolic OH excluding ortho intramolecular Hbond substituents is 1. The Morgan fingerprint density at radius 3 is 2.43 bits per heavy atom. The summed E-state index contributed by atoms with van der Waals surface area (Å²) in [5, 5.41) is 10.5. The van der Waals surface area contributed by atoms with Crippen LogP contribution in [0.3, 0.4) is 0 Å². The Hall–Kier alpha value is -2.55. The molecule has 4 rings (SSSR count). The molecule has 1 saturated carbocycles. The summed E-state index contributed by atoms with van der Waals surface area (Å²) in [5.41, 5.74) is 2.60. The first-order valence-electron chi connectivity index (χ1n) is 7.18. The van der Waals surface area contributed by atoms with Crippen LogP contribution in [0.15, 0.2) is 59.4 Å². The van der Waals surface area contributed by atoms with Gasteiger partial charge in [0.1, 0.15) is 5.75 Å². The van der Waals surface area contributed by atoms with Gasteiger partial charge >= 0.3 is 0 Å². The smallest absolute Gasteiger partial charge is 0.259 e. The van der Waals surface area contributed by atoms with E-state index >= 15 is 0 Å². The Morgan fingerprint density at radius 1 is 1.00 bits per heavy atom. The summed E-state index contributed by atoms with van der Waals surface area (Å²) in [7, 11) is 0. The van der Waals surface area contributed by atoms with Crippen LogP contribution in [0.25, 0.3) is 22.0 Å². The number of pyridine rings is 1. The third-order valence-corrected chi connectivity index (χ3v) is 4.04. The third-order valence-electron chi connectivity index (χ3n) is 4.04. The lowest BCUT2D eigenvalue weighted by molar-refractivity contribution is 0.475. The fraction of sp³-hybridized carbons (Fsp3) is 0.167. The van der Waals surface area contributed by atoms with E-state index in [0.29, 0.717) is 11.6 Å². The number of aromatic hydroxyl groups is 1. The number of para-hydroxylation sites is 1. The van der Waals surface area contributed by atoms with Crippen LogP contribution in [-0.4, -0.2) is 9.67 Å². The molecule has 1 aromatic heterocycles. The molecule has 1 N–H and O–H groups in total. The van der Waals surface area contributed by atoms with Crippen molar-refractivity contribution >= 4 is 10.9 Å². The van der Waals surface area contributed by atoms with Crippen LogP contribution in [-0.2, 0) is 0 Å². The van der Waals surface area contributed by atoms with Crippen LogP contribution in [0, 0.1) is 0 Å². The predicted molar refractivity (Wildman–Crippen MR) is 83.6 cm³/mol. The van der Waals surface area contributed by atoms with E-state index in [4.69, 9.17) is 0 Å². The molecule has 1 aliphatic carbocycles. The summed E-state index contributed by atoms with van der Waals surface area (Å²) in [6.45, 7) is 0. The molecule has 0 amide bonds. The minimum atomic E-state index is 0.0573. The van der Waals surface area contributed by atoms with Gasteiger partial charge in [0, 0.05) is 11.6 Å². The zero-order valence-electron chi connectivity index (χ0n) is 11.5. The van der Waals surface area contributed by atoms with E-state index in [0.717, 1.165) is 29.3 Å². The standard InChI is InChI=1S/C18H15NO2/c20-15-9-5-12(6-10-15)16-11-13-3-1-2-4-17(13)19(18(16)21)14-7-8-14/h1-6,9-11,14,20H,7-8H2. The van der Waals surface area contributed by atoms with Gasteiger partial charge in [0.15, 0.2) is 0 Å². The highest BCUT2D eigenvalue weighted by atomic mass is 16.3. The minimum Gasteiger partial charge on any atom is -0.508 e. The fourth-order valence-electron chi connectivity index (χ4n) is 2.83. The van der Waals surface area contributed by atoms with Crippen LogP contribution in [0.5, 0.6) is 5.75 Å². The van der Waals surface area contributed by atoms with Gasteiger partial charge in [-0.15, -0.1) is 0 Å². The highest BCUT2D eigenvalue weighted by Crippen LogP contribution is 2.36. The van der Waals surface area contributed by atoms with Crippen molar-refractivity contribution in [3.8, 4) is 16.9 Å². The van der Waals surface area contributed by atoms with Gasteiger partial charge in [-0.1, -0.05) is 30.3 Å². The van der Waals surface area contributed by atoms with Gasteiger partial charge in [-0.3, -0.25) is 4.79 Å². The summed E-state index contributed by atoms with van der Waals surface area (Å²) < 4.78 is 1.93. The van der Waals surface area contributed by atoms with Crippen molar-refractivity contribution in [2.75, 3.05) is 0 Å². The highest BCUT2D eigenvalue weighted by molar-refractivity contribution is 5.84. The molecule has 3 heteroatoms. The fourth-order valence-corrected chi connectivity index (χ4v) is 2.83. The molecule has 0 radical (unpaired) electrons. The Morgan fingerprint density at radius 2 is 1.71 bits per heavy atom. The predicted octanol–water partition coefficient (Wildman–Crippen LogP) is 3.71. The Labute approximate surface area is 122 Å². The topological polar surface area (TPSA) is 42.2 Å². The number of hydrogen-bond acceptors (Lipinski definition) is 2. The van der Waals surface area contributed by atoms with E-state index in [1.165, 1.54) is 0 Å². The number of nitrogens with zero attached hydrogens (tertiary/aromatic N) is 1. The molecule has 0 unspecified atom stereocenters. The van der Waals surface area contributed by atoms with E-state index in [2.05, 4.69) is 0 Å². The van der Waals surface area contributed by atoms with Crippen LogP contribution >= 0.6 is 0 Å². The van der Waals surface area contributed by atoms with Gasteiger partial charge in [-0.2, -0.15) is 0 Å². The average molecular weight is 277 g/mol. The average Bonchev–Trinajstić information content (AvgIpc) is 3.32. The monoisotopic (exact) mass is 277 g/mol. The van der Waals surface area contributed by atoms with Crippen LogP contribution in [0.2, 0.25) is 0 Å². The number of fused-ring (bicyclic) bond motifs is 1. The minimum absolute atomic E-state index is 0.0573. The maximum Gasteiger partial charge on any atom is 0.259 e. The summed E-state index contributed by atoms with van der Waals surface area (Å²) in [5.74, 6) is 0.210. The first kappa shape index (κ1) is 12.2. The van der Waals surface area contributed by atoms with Gasteiger partial charge in [0.25, 0.3) is 5.56 Å². The third kappa shape index (κ3) is 2.02. The van der Waals surface area contributed by atoms with Crippen molar-refractivity contribution in [1.82, 2.24) is 4.57 Å². The van der Waals surface area contributed by atoms with Gasteiger partial charge < -0.3 is 9.67 Å². The molecule has 3 nitrogen and oxygen atoms in total. The van der Waals surface area contributed by atoms with Crippen molar-refractivity contribution in [2.45, 2.75) is 18.9 Å². The summed E-state index contributed by atoms with van der Waals surface area (Å²) in [4.78, 5) is 12.9. The first-order valence-corrected chi connectivity index (χ1v) is 7.18. The molecule has 104 valence electrons. The van der Waals surface area contributed by atoms with Crippen molar-refractivity contribution in [1.29, 1.82) is 0 Å². The lowest BCUT2D eigenvalue weighted by atomic mass is 10.0. The summed E-state index contributed by atoms with van der Waals surface area (Å²) >= 11 is 0. The summed E-state index contributed by atoms with van der Waals surface area (Å²) in [6.07, 6.45) is 2.14. The lowest BCUT2D eigenvalue weighted by Gasteiger charge is -2.12. The van der Waals surface area contributed by atoms with E-state index < -0.39 is 0 Å². The van der Waals surface area contributed by atoms with Crippen molar-refractivity contribution in [3.63, 3.8) is 0 Å². The van der Waals surface area contributed by atoms with E-state index in [1.54, 1.807) is 24.3 Å². The highest BCUT2D eigenvalue weighted by Gasteiger charge is 2.27. The molecule has 2 aromatic carbocycles. The van der Waals surface area contributed by atoms with Gasteiger partial charge in [0.05, 0.1) is 5.52 Å². The molecule has 0 bridgehead atoms. The van der Waals surface area contributed by atoms with E-state index in [1.807, 2.05) is 34.9 Å². The number of rotatable bonds is 2. The first-order chi connectivity index (χ1) is 10.2. The van der Waals surface area contributed by atoms with Gasteiger partial charge in [-0.25, -0.2) is 0 Å². The Kier molecular flexibility index (Phi) is 2.61. The van der Waals surface area contributed by atoms with Crippen molar-refractivity contribution < 1.29 is 5.11 Å². The number of phenols is 1. The Bertz CT molecular complexity index is 874. The molecule has 0 saturated heterocycles. The van der Waals surface area contributed by atoms with E-state index in [9.17, 15) is 9.90 Å². The van der Waals surface area contributed by atoms with Crippen LogP contribution < -0.4 is 5.56 Å². The molecular formula is C18H15NO2. The molecular weight excluding hydrogens is 262 g/mol. The molecule has 21 heavy (non-hydrogen) atoms. The van der Waals surface area contributed by atoms with E-state index in [-0.39, 0.29) is 11.3 Å². The molecule has 0 aliphatic heterocycles. The maximum atomic E-state index is 12.9. The largest absolute Gasteiger partial charge is 0.508 e. The van der Waals surface area contributed by atoms with Crippen molar-refractivity contribution in [3.05, 3.63) is 65.0 Å². The molecule has 1 aliphatic rings. The van der Waals surface area contributed by atoms with Gasteiger partial charge in [0.2, 0.25) is 0 Å². The normalized spacial score (nSPS) is 14.5. The second-order valence-corrected chi connectivity index (χ2v) is 5.57. The second kappa shape index (κ2) is 4.48. The van der Waals surface area contributed by atoms with Crippen LogP contribution in [0.4, 0.5) is 0 Å². The van der Waals surface area contributed by atoms with Gasteiger partial charge in [-0.05, 0) is 48.1 Å². The lowest BCUT2D eigenvalue weighted by Crippen LogP contribution is -2.21. The summed E-state index contributed by atoms with van der Waals surface area (Å²) in [6, 6.07) is 17.1. The zero-order chi connectivity index (χ0) is 14.4. The maximum absolute atomic E-state index is 12.9. The zero-order valence-corrected chi connectivity index (χ0v) is 11.5. The number of aromatic nitrogens is 1. The molecule has 3 aromatic rings. The quantitative estimate of drug-likeness (QED) is 0.776. The number of hydrogen-bond donors (Lipinski definition) is 1. The Balaban J connectivity index is 2.03. The molecule has 1 fully saturated rings.